The van der Waals surface area contributed by atoms with Gasteiger partial charge in [0.25, 0.3) is 0 Å². The van der Waals surface area contributed by atoms with E-state index in [1.807, 2.05) is 0 Å². The summed E-state index contributed by atoms with van der Waals surface area (Å²) in [5.74, 6) is -0.385. The third-order valence-corrected chi connectivity index (χ3v) is 8.44. The second-order valence-electron chi connectivity index (χ2n) is 8.22. The Morgan fingerprint density at radius 2 is 1.74 bits per heavy atom. The average Bonchev–Trinajstić information content (AvgIpc) is 3.41. The highest BCUT2D eigenvalue weighted by Crippen LogP contribution is 2.28. The van der Waals surface area contributed by atoms with Crippen molar-refractivity contribution < 1.29 is 18.0 Å². The van der Waals surface area contributed by atoms with Crippen molar-refractivity contribution in [3.05, 3.63) is 41.4 Å². The number of benzene rings is 2. The van der Waals surface area contributed by atoms with Crippen molar-refractivity contribution in [1.82, 2.24) is 14.1 Å². The molecule has 31 heavy (non-hydrogen) atoms. The molecular weight excluding hydrogens is 438 g/mol. The van der Waals surface area contributed by atoms with Crippen LogP contribution in [0.15, 0.2) is 41.3 Å². The van der Waals surface area contributed by atoms with Crippen LogP contribution < -0.4 is 0 Å². The second-order valence-corrected chi connectivity index (χ2v) is 10.7. The molecule has 0 saturated carbocycles. The number of likely N-dealkylation sites (N-methyl/N-ethyl adjacent to an activating group) is 1. The van der Waals surface area contributed by atoms with Crippen LogP contribution in [0.25, 0.3) is 10.8 Å². The highest BCUT2D eigenvalue weighted by Gasteiger charge is 2.43. The largest absolute Gasteiger partial charge is 0.341 e. The molecule has 0 aliphatic carbocycles. The fourth-order valence-corrected chi connectivity index (χ4v) is 5.99. The van der Waals surface area contributed by atoms with Gasteiger partial charge >= 0.3 is 0 Å². The Hall–Kier alpha value is -2.16. The van der Waals surface area contributed by atoms with Gasteiger partial charge in [-0.25, -0.2) is 8.42 Å². The average molecular weight is 464 g/mol. The van der Waals surface area contributed by atoms with Crippen molar-refractivity contribution in [2.24, 2.45) is 0 Å². The van der Waals surface area contributed by atoms with E-state index in [4.69, 9.17) is 11.6 Å². The highest BCUT2D eigenvalue weighted by atomic mass is 35.5. The van der Waals surface area contributed by atoms with Crippen molar-refractivity contribution in [2.45, 2.75) is 43.2 Å². The van der Waals surface area contributed by atoms with Crippen LogP contribution >= 0.6 is 11.6 Å². The molecule has 2 amide bonds. The molecule has 2 fully saturated rings. The first-order valence-electron chi connectivity index (χ1n) is 10.5. The lowest BCUT2D eigenvalue weighted by Crippen LogP contribution is -2.50. The molecule has 7 nitrogen and oxygen atoms in total. The third-order valence-electron chi connectivity index (χ3n) is 6.34. The Kier molecular flexibility index (Phi) is 5.98. The molecule has 0 unspecified atom stereocenters. The minimum Gasteiger partial charge on any atom is -0.341 e. The summed E-state index contributed by atoms with van der Waals surface area (Å²) < 4.78 is 27.6. The molecular formula is C22H26ClN3O4S. The molecule has 0 aromatic heterocycles. The number of halogens is 1. The van der Waals surface area contributed by atoms with Crippen LogP contribution in [0.3, 0.4) is 0 Å². The Bertz CT molecular complexity index is 1130. The molecule has 0 spiro atoms. The van der Waals surface area contributed by atoms with Gasteiger partial charge in [0.2, 0.25) is 21.8 Å². The zero-order valence-electron chi connectivity index (χ0n) is 17.6. The smallest absolute Gasteiger partial charge is 0.245 e. The highest BCUT2D eigenvalue weighted by molar-refractivity contribution is 7.89. The first kappa shape index (κ1) is 22.0. The van der Waals surface area contributed by atoms with Crippen molar-refractivity contribution in [3.8, 4) is 0 Å². The third kappa shape index (κ3) is 4.04. The van der Waals surface area contributed by atoms with Gasteiger partial charge in [0, 0.05) is 31.7 Å². The van der Waals surface area contributed by atoms with Crippen molar-refractivity contribution in [3.63, 3.8) is 0 Å². The summed E-state index contributed by atoms with van der Waals surface area (Å²) in [5, 5.41) is 2.17. The lowest BCUT2D eigenvalue weighted by atomic mass is 10.1. The van der Waals surface area contributed by atoms with Gasteiger partial charge < -0.3 is 9.80 Å². The van der Waals surface area contributed by atoms with Gasteiger partial charge in [0.15, 0.2) is 0 Å². The van der Waals surface area contributed by atoms with Gasteiger partial charge in [-0.05, 0) is 61.2 Å². The lowest BCUT2D eigenvalue weighted by molar-refractivity contribution is -0.143. The summed E-state index contributed by atoms with van der Waals surface area (Å²) in [6, 6.07) is 8.67. The van der Waals surface area contributed by atoms with Crippen LogP contribution in [-0.4, -0.2) is 73.1 Å². The van der Waals surface area contributed by atoms with Gasteiger partial charge in [-0.15, -0.1) is 0 Å². The molecule has 2 aromatic carbocycles. The maximum absolute atomic E-state index is 13.2. The Morgan fingerprint density at radius 1 is 1.10 bits per heavy atom. The van der Waals surface area contributed by atoms with Crippen molar-refractivity contribution in [2.75, 3.05) is 26.7 Å². The number of rotatable bonds is 5. The number of nitrogens with zero attached hydrogens (tertiary/aromatic N) is 3. The molecule has 0 bridgehead atoms. The van der Waals surface area contributed by atoms with E-state index in [9.17, 15) is 18.0 Å². The van der Waals surface area contributed by atoms with Crippen LogP contribution in [0, 0.1) is 0 Å². The predicted octanol–water partition coefficient (Wildman–Crippen LogP) is 2.73. The van der Waals surface area contributed by atoms with Gasteiger partial charge in [0.1, 0.15) is 12.1 Å². The molecule has 2 aromatic rings. The van der Waals surface area contributed by atoms with Gasteiger partial charge in [-0.1, -0.05) is 23.7 Å². The molecule has 0 N–H and O–H groups in total. The SMILES string of the molecule is C[C@@H](C(=O)N1CCCC1)N1CC[C@@H](N(C)S(=O)(=O)c2ccc3cc(Cl)ccc3c2)C1=O. The number of carbonyl (C=O) groups is 2. The molecule has 2 atom stereocenters. The second kappa shape index (κ2) is 8.41. The quantitative estimate of drug-likeness (QED) is 0.683. The topological polar surface area (TPSA) is 78.0 Å². The minimum absolute atomic E-state index is 0.0646. The summed E-state index contributed by atoms with van der Waals surface area (Å²) >= 11 is 6.01. The summed E-state index contributed by atoms with van der Waals surface area (Å²) in [5.41, 5.74) is 0. The fraction of sp³-hybridized carbons (Fsp3) is 0.455. The van der Waals surface area contributed by atoms with E-state index in [1.54, 1.807) is 42.2 Å². The van der Waals surface area contributed by atoms with E-state index >= 15 is 0 Å². The maximum atomic E-state index is 13.2. The van der Waals surface area contributed by atoms with Crippen LogP contribution in [0.1, 0.15) is 26.2 Å². The Labute approximate surface area is 187 Å². The molecule has 9 heteroatoms. The number of likely N-dealkylation sites (tertiary alicyclic amines) is 2. The monoisotopic (exact) mass is 463 g/mol. The number of amides is 2. The van der Waals surface area contributed by atoms with Crippen LogP contribution in [0.2, 0.25) is 5.02 Å². The number of carbonyl (C=O) groups excluding carboxylic acids is 2. The number of fused-ring (bicyclic) bond motifs is 1. The molecule has 2 saturated heterocycles. The van der Waals surface area contributed by atoms with Gasteiger partial charge in [-0.2, -0.15) is 4.31 Å². The Morgan fingerprint density at radius 3 is 2.45 bits per heavy atom. The van der Waals surface area contributed by atoms with Crippen molar-refractivity contribution in [1.29, 1.82) is 0 Å². The van der Waals surface area contributed by atoms with Crippen molar-refractivity contribution >= 4 is 44.2 Å². The van der Waals surface area contributed by atoms with Gasteiger partial charge in [-0.3, -0.25) is 9.59 Å². The molecule has 2 aliphatic rings. The van der Waals surface area contributed by atoms with E-state index in [0.29, 0.717) is 18.0 Å². The number of hydrogen-bond donors (Lipinski definition) is 0. The van der Waals surface area contributed by atoms with E-state index in [0.717, 1.165) is 41.0 Å². The molecule has 4 rings (SSSR count). The number of hydrogen-bond acceptors (Lipinski definition) is 4. The van der Waals surface area contributed by atoms with Crippen LogP contribution in [0.4, 0.5) is 0 Å². The molecule has 0 radical (unpaired) electrons. The van der Waals surface area contributed by atoms with E-state index < -0.39 is 22.1 Å². The van der Waals surface area contributed by atoms with E-state index in [1.165, 1.54) is 18.0 Å². The Balaban J connectivity index is 1.53. The molecule has 166 valence electrons. The molecule has 2 heterocycles. The zero-order valence-corrected chi connectivity index (χ0v) is 19.2. The summed E-state index contributed by atoms with van der Waals surface area (Å²) in [6.07, 6.45) is 2.32. The fourth-order valence-electron chi connectivity index (χ4n) is 4.43. The minimum atomic E-state index is -3.88. The van der Waals surface area contributed by atoms with Gasteiger partial charge in [0.05, 0.1) is 4.90 Å². The summed E-state index contributed by atoms with van der Waals surface area (Å²) in [7, 11) is -2.45. The lowest BCUT2D eigenvalue weighted by Gasteiger charge is -2.29. The first-order chi connectivity index (χ1) is 14.7. The first-order valence-corrected chi connectivity index (χ1v) is 12.3. The molecule has 2 aliphatic heterocycles. The summed E-state index contributed by atoms with van der Waals surface area (Å²) in [4.78, 5) is 29.2. The summed E-state index contributed by atoms with van der Waals surface area (Å²) in [6.45, 7) is 3.52. The normalized spacial score (nSPS) is 20.8. The van der Waals surface area contributed by atoms with Crippen LogP contribution in [-0.2, 0) is 19.6 Å². The van der Waals surface area contributed by atoms with E-state index in [-0.39, 0.29) is 16.7 Å². The van der Waals surface area contributed by atoms with Crippen LogP contribution in [0.5, 0.6) is 0 Å². The maximum Gasteiger partial charge on any atom is 0.245 e. The standard InChI is InChI=1S/C22H26ClN3O4S/c1-15(21(27)25-10-3-4-11-25)26-12-9-20(22(26)28)24(2)31(29,30)19-8-6-16-13-18(23)7-5-17(16)14-19/h5-8,13-15,20H,3-4,9-12H2,1-2H3/t15-,20+/m0/s1. The predicted molar refractivity (Wildman–Crippen MR) is 119 cm³/mol. The zero-order chi connectivity index (χ0) is 22.3. The van der Waals surface area contributed by atoms with E-state index in [2.05, 4.69) is 0 Å². The number of sulfonamides is 1.